The Kier molecular flexibility index (Phi) is 7.25. The molecule has 1 saturated heterocycles. The summed E-state index contributed by atoms with van der Waals surface area (Å²) in [5.41, 5.74) is 0. The monoisotopic (exact) mass is 541 g/mol. The zero-order chi connectivity index (χ0) is 20.7. The Labute approximate surface area is 202 Å². The van der Waals surface area contributed by atoms with Crippen molar-refractivity contribution in [2.24, 2.45) is 34.6 Å². The first-order valence-electron chi connectivity index (χ1n) is 11.9. The fraction of sp³-hybridized carbons (Fsp3) is 0.783. The van der Waals surface area contributed by atoms with Gasteiger partial charge in [-0.2, -0.15) is 0 Å². The van der Waals surface area contributed by atoms with Crippen molar-refractivity contribution < 1.29 is 9.59 Å². The highest BCUT2D eigenvalue weighted by Gasteiger charge is 2.58. The molecule has 31 heavy (non-hydrogen) atoms. The number of hydrogen-bond donors (Lipinski definition) is 2. The second kappa shape index (κ2) is 9.77. The number of hydrogen-bond acceptors (Lipinski definition) is 4. The van der Waals surface area contributed by atoms with Crippen molar-refractivity contribution in [3.8, 4) is 0 Å². The van der Waals surface area contributed by atoms with Crippen molar-refractivity contribution in [1.29, 1.82) is 0 Å². The van der Waals surface area contributed by atoms with E-state index in [1.807, 2.05) is 0 Å². The number of amides is 2. The lowest BCUT2D eigenvalue weighted by Crippen LogP contribution is -2.43. The number of likely N-dealkylation sites (tertiary alicyclic amines) is 1. The standard InChI is InChI=1S/C23H35N5O2.HI/c1-24-23(26-10-12-27(18-7-8-18)14-15-3-4-15)25-9-2-11-28-21(29)19-16-5-6-17(13-16)20(19)22(28)30;/h5-6,15-20H,2-4,7-14H2,1H3,(H2,24,25,26);1H. The number of allylic oxidation sites excluding steroid dienone is 2. The molecule has 3 saturated carbocycles. The maximum Gasteiger partial charge on any atom is 0.233 e. The van der Waals surface area contributed by atoms with Gasteiger partial charge in [0.25, 0.3) is 0 Å². The molecule has 0 aromatic heterocycles. The van der Waals surface area contributed by atoms with Crippen LogP contribution in [0.3, 0.4) is 0 Å². The lowest BCUT2D eigenvalue weighted by Gasteiger charge is -2.22. The van der Waals surface area contributed by atoms with Crippen molar-refractivity contribution >= 4 is 41.8 Å². The highest BCUT2D eigenvalue weighted by molar-refractivity contribution is 14.0. The Morgan fingerprint density at radius 3 is 2.29 bits per heavy atom. The minimum atomic E-state index is -0.0834. The zero-order valence-corrected chi connectivity index (χ0v) is 20.8. The molecule has 0 radical (unpaired) electrons. The van der Waals surface area contributed by atoms with Gasteiger partial charge in [0.1, 0.15) is 0 Å². The lowest BCUT2D eigenvalue weighted by atomic mass is 9.85. The first-order chi connectivity index (χ1) is 14.7. The first-order valence-corrected chi connectivity index (χ1v) is 11.9. The van der Waals surface area contributed by atoms with Crippen LogP contribution in [-0.2, 0) is 9.59 Å². The van der Waals surface area contributed by atoms with Crippen molar-refractivity contribution in [1.82, 2.24) is 20.4 Å². The van der Waals surface area contributed by atoms with Crippen molar-refractivity contribution in [2.75, 3.05) is 39.8 Å². The van der Waals surface area contributed by atoms with E-state index in [0.717, 1.165) is 43.9 Å². The lowest BCUT2D eigenvalue weighted by molar-refractivity contribution is -0.140. The molecule has 2 N–H and O–H groups in total. The third-order valence-corrected chi connectivity index (χ3v) is 7.58. The molecule has 7 nitrogen and oxygen atoms in total. The number of guanidine groups is 1. The fourth-order valence-electron chi connectivity index (χ4n) is 5.66. The molecule has 1 heterocycles. The fourth-order valence-corrected chi connectivity index (χ4v) is 5.66. The predicted molar refractivity (Wildman–Crippen MR) is 131 cm³/mol. The van der Waals surface area contributed by atoms with Crippen LogP contribution >= 0.6 is 24.0 Å². The van der Waals surface area contributed by atoms with E-state index in [1.165, 1.54) is 37.1 Å². The van der Waals surface area contributed by atoms with E-state index in [-0.39, 0.29) is 59.5 Å². The molecule has 5 aliphatic rings. The van der Waals surface area contributed by atoms with Gasteiger partial charge in [0.2, 0.25) is 11.8 Å². The number of rotatable bonds is 10. The van der Waals surface area contributed by atoms with Gasteiger partial charge in [-0.1, -0.05) is 12.2 Å². The van der Waals surface area contributed by atoms with Crippen LogP contribution in [0.1, 0.15) is 38.5 Å². The third-order valence-electron chi connectivity index (χ3n) is 7.58. The molecule has 1 aliphatic heterocycles. The van der Waals surface area contributed by atoms with Crippen LogP contribution in [0.5, 0.6) is 0 Å². The number of halogens is 1. The summed E-state index contributed by atoms with van der Waals surface area (Å²) in [5.74, 6) is 2.26. The van der Waals surface area contributed by atoms with E-state index >= 15 is 0 Å². The Bertz CT molecular complexity index is 718. The van der Waals surface area contributed by atoms with E-state index in [0.29, 0.717) is 13.1 Å². The molecule has 4 unspecified atom stereocenters. The van der Waals surface area contributed by atoms with Crippen molar-refractivity contribution in [3.63, 3.8) is 0 Å². The normalized spacial score (nSPS) is 31.4. The topological polar surface area (TPSA) is 77.0 Å². The van der Waals surface area contributed by atoms with Crippen LogP contribution in [0.4, 0.5) is 0 Å². The minimum absolute atomic E-state index is 0. The molecule has 4 aliphatic carbocycles. The van der Waals surface area contributed by atoms with Gasteiger partial charge in [-0.25, -0.2) is 0 Å². The van der Waals surface area contributed by atoms with Crippen LogP contribution in [0, 0.1) is 29.6 Å². The summed E-state index contributed by atoms with van der Waals surface area (Å²) in [5, 5.41) is 6.75. The summed E-state index contributed by atoms with van der Waals surface area (Å²) >= 11 is 0. The summed E-state index contributed by atoms with van der Waals surface area (Å²) in [6.45, 7) is 4.43. The number of fused-ring (bicyclic) bond motifs is 5. The maximum absolute atomic E-state index is 12.7. The first kappa shape index (κ1) is 23.0. The number of imide groups is 1. The molecule has 0 aromatic rings. The van der Waals surface area contributed by atoms with Crippen LogP contribution in [-0.4, -0.2) is 73.4 Å². The van der Waals surface area contributed by atoms with Crippen LogP contribution in [0.15, 0.2) is 17.1 Å². The van der Waals surface area contributed by atoms with Gasteiger partial charge in [0, 0.05) is 45.8 Å². The van der Waals surface area contributed by atoms with Gasteiger partial charge in [0.15, 0.2) is 5.96 Å². The minimum Gasteiger partial charge on any atom is -0.356 e. The smallest absolute Gasteiger partial charge is 0.233 e. The highest BCUT2D eigenvalue weighted by atomic mass is 127. The molecular weight excluding hydrogens is 505 g/mol. The largest absolute Gasteiger partial charge is 0.356 e. The Hall–Kier alpha value is -1.16. The molecule has 4 fully saturated rings. The molecule has 172 valence electrons. The predicted octanol–water partition coefficient (Wildman–Crippen LogP) is 1.84. The second-order valence-corrected chi connectivity index (χ2v) is 9.78. The SMILES string of the molecule is CN=C(NCCCN1C(=O)C2C3C=CC(C3)C2C1=O)NCCN(CC1CC1)C1CC1.I. The van der Waals surface area contributed by atoms with E-state index in [4.69, 9.17) is 0 Å². The summed E-state index contributed by atoms with van der Waals surface area (Å²) in [7, 11) is 1.79. The van der Waals surface area contributed by atoms with E-state index in [1.54, 1.807) is 7.05 Å². The summed E-state index contributed by atoms with van der Waals surface area (Å²) in [6, 6.07) is 0.808. The Morgan fingerprint density at radius 1 is 1.06 bits per heavy atom. The van der Waals surface area contributed by atoms with Crippen LogP contribution in [0.2, 0.25) is 0 Å². The average Bonchev–Trinajstić information content (AvgIpc) is 3.66. The van der Waals surface area contributed by atoms with Gasteiger partial charge in [-0.15, -0.1) is 24.0 Å². The number of carbonyl (C=O) groups excluding carboxylic acids is 2. The Morgan fingerprint density at radius 2 is 1.71 bits per heavy atom. The molecule has 2 bridgehead atoms. The quantitative estimate of drug-likeness (QED) is 0.110. The van der Waals surface area contributed by atoms with Crippen molar-refractivity contribution in [2.45, 2.75) is 44.6 Å². The van der Waals surface area contributed by atoms with Gasteiger partial charge in [-0.3, -0.25) is 24.4 Å². The Balaban J connectivity index is 0.00000231. The van der Waals surface area contributed by atoms with Gasteiger partial charge in [-0.05, 0) is 56.3 Å². The highest BCUT2D eigenvalue weighted by Crippen LogP contribution is 2.52. The van der Waals surface area contributed by atoms with Crippen molar-refractivity contribution in [3.05, 3.63) is 12.2 Å². The van der Waals surface area contributed by atoms with E-state index in [2.05, 4.69) is 32.7 Å². The van der Waals surface area contributed by atoms with E-state index < -0.39 is 0 Å². The summed E-state index contributed by atoms with van der Waals surface area (Å²) in [4.78, 5) is 33.9. The third kappa shape index (κ3) is 4.94. The second-order valence-electron chi connectivity index (χ2n) is 9.78. The van der Waals surface area contributed by atoms with Crippen LogP contribution < -0.4 is 10.6 Å². The summed E-state index contributed by atoms with van der Waals surface area (Å²) < 4.78 is 0. The van der Waals surface area contributed by atoms with Gasteiger partial charge in [0.05, 0.1) is 11.8 Å². The van der Waals surface area contributed by atoms with Gasteiger partial charge >= 0.3 is 0 Å². The average molecular weight is 541 g/mol. The molecule has 0 spiro atoms. The zero-order valence-electron chi connectivity index (χ0n) is 18.5. The number of aliphatic imine (C=N–C) groups is 1. The number of nitrogens with one attached hydrogen (secondary N) is 2. The number of carbonyl (C=O) groups is 2. The molecule has 2 amide bonds. The molecule has 5 rings (SSSR count). The van der Waals surface area contributed by atoms with Gasteiger partial charge < -0.3 is 10.6 Å². The van der Waals surface area contributed by atoms with E-state index in [9.17, 15) is 9.59 Å². The summed E-state index contributed by atoms with van der Waals surface area (Å²) in [6.07, 6.45) is 11.5. The number of nitrogens with zero attached hydrogens (tertiary/aromatic N) is 3. The molecular formula is C23H36IN5O2. The molecule has 0 aromatic carbocycles. The van der Waals surface area contributed by atoms with Crippen LogP contribution in [0.25, 0.3) is 0 Å². The molecule has 8 heteroatoms. The molecule has 4 atom stereocenters. The maximum atomic E-state index is 12.7.